The van der Waals surface area contributed by atoms with Crippen LogP contribution in [0.25, 0.3) is 0 Å². The lowest BCUT2D eigenvalue weighted by atomic mass is 9.78. The molecule has 2 aromatic rings. The van der Waals surface area contributed by atoms with E-state index in [9.17, 15) is 14.7 Å². The first-order valence-corrected chi connectivity index (χ1v) is 9.26. The number of rotatable bonds is 7. The van der Waals surface area contributed by atoms with E-state index >= 15 is 0 Å². The van der Waals surface area contributed by atoms with Gasteiger partial charge in [-0.1, -0.05) is 43.2 Å². The van der Waals surface area contributed by atoms with Crippen molar-refractivity contribution < 1.29 is 19.4 Å². The minimum Gasteiger partial charge on any atom is -0.497 e. The van der Waals surface area contributed by atoms with Crippen molar-refractivity contribution in [3.05, 3.63) is 65.2 Å². The van der Waals surface area contributed by atoms with Gasteiger partial charge >= 0.3 is 5.97 Å². The van der Waals surface area contributed by atoms with Gasteiger partial charge in [0.2, 0.25) is 5.91 Å². The molecule has 0 aromatic heterocycles. The SMILES string of the molecule is COc1cccc(C2(CNC(=O)Cc3ccccc3C(=O)O)CCCC2)c1. The molecule has 2 aromatic carbocycles. The van der Waals surface area contributed by atoms with Gasteiger partial charge in [-0.3, -0.25) is 4.79 Å². The van der Waals surface area contributed by atoms with Crippen LogP contribution in [0.15, 0.2) is 48.5 Å². The van der Waals surface area contributed by atoms with Crippen LogP contribution in [-0.4, -0.2) is 30.6 Å². The molecule has 1 fully saturated rings. The zero-order chi connectivity index (χ0) is 19.3. The number of amides is 1. The molecule has 3 rings (SSSR count). The quantitative estimate of drug-likeness (QED) is 0.784. The maximum Gasteiger partial charge on any atom is 0.335 e. The van der Waals surface area contributed by atoms with Gasteiger partial charge in [-0.15, -0.1) is 0 Å². The number of hydrogen-bond acceptors (Lipinski definition) is 3. The molecule has 1 aliphatic rings. The molecule has 1 saturated carbocycles. The van der Waals surface area contributed by atoms with Gasteiger partial charge in [0, 0.05) is 12.0 Å². The predicted molar refractivity (Wildman–Crippen MR) is 103 cm³/mol. The topological polar surface area (TPSA) is 75.6 Å². The lowest BCUT2D eigenvalue weighted by molar-refractivity contribution is -0.120. The second-order valence-electron chi connectivity index (χ2n) is 7.14. The first-order valence-electron chi connectivity index (χ1n) is 9.26. The van der Waals surface area contributed by atoms with E-state index in [-0.39, 0.29) is 23.3 Å². The molecular formula is C22H25NO4. The highest BCUT2D eigenvalue weighted by atomic mass is 16.5. The molecule has 5 nitrogen and oxygen atoms in total. The van der Waals surface area contributed by atoms with E-state index < -0.39 is 5.97 Å². The maximum atomic E-state index is 12.5. The van der Waals surface area contributed by atoms with Crippen molar-refractivity contribution in [3.8, 4) is 5.75 Å². The lowest BCUT2D eigenvalue weighted by Crippen LogP contribution is -2.39. The summed E-state index contributed by atoms with van der Waals surface area (Å²) < 4.78 is 5.36. The Hall–Kier alpha value is -2.82. The Morgan fingerprint density at radius 2 is 1.85 bits per heavy atom. The van der Waals surface area contributed by atoms with Crippen LogP contribution in [0, 0.1) is 0 Å². The van der Waals surface area contributed by atoms with E-state index in [1.165, 1.54) is 11.6 Å². The highest BCUT2D eigenvalue weighted by molar-refractivity contribution is 5.91. The highest BCUT2D eigenvalue weighted by Crippen LogP contribution is 2.41. The molecule has 0 saturated heterocycles. The van der Waals surface area contributed by atoms with E-state index in [0.29, 0.717) is 12.1 Å². The van der Waals surface area contributed by atoms with Gasteiger partial charge in [0.15, 0.2) is 0 Å². The molecule has 0 heterocycles. The summed E-state index contributed by atoms with van der Waals surface area (Å²) in [5.41, 5.74) is 1.81. The van der Waals surface area contributed by atoms with Crippen LogP contribution in [0.1, 0.15) is 47.2 Å². The molecular weight excluding hydrogens is 342 g/mol. The number of hydrogen-bond donors (Lipinski definition) is 2. The van der Waals surface area contributed by atoms with Crippen LogP contribution in [0.5, 0.6) is 5.75 Å². The Morgan fingerprint density at radius 1 is 1.11 bits per heavy atom. The van der Waals surface area contributed by atoms with Crippen LogP contribution < -0.4 is 10.1 Å². The number of carbonyl (C=O) groups excluding carboxylic acids is 1. The number of nitrogens with one attached hydrogen (secondary N) is 1. The Labute approximate surface area is 159 Å². The predicted octanol–water partition coefficient (Wildman–Crippen LogP) is 3.56. The highest BCUT2D eigenvalue weighted by Gasteiger charge is 2.36. The van der Waals surface area contributed by atoms with Gasteiger partial charge in [0.05, 0.1) is 19.1 Å². The molecule has 0 bridgehead atoms. The molecule has 142 valence electrons. The van der Waals surface area contributed by atoms with E-state index in [2.05, 4.69) is 17.4 Å². The summed E-state index contributed by atoms with van der Waals surface area (Å²) in [5.74, 6) is -0.347. The molecule has 1 aliphatic carbocycles. The third-order valence-electron chi connectivity index (χ3n) is 5.47. The largest absolute Gasteiger partial charge is 0.497 e. The van der Waals surface area contributed by atoms with Gasteiger partial charge in [0.1, 0.15) is 5.75 Å². The zero-order valence-corrected chi connectivity index (χ0v) is 15.5. The molecule has 5 heteroatoms. The van der Waals surface area contributed by atoms with Crippen LogP contribution >= 0.6 is 0 Å². The fourth-order valence-corrected chi connectivity index (χ4v) is 3.96. The maximum absolute atomic E-state index is 12.5. The van der Waals surface area contributed by atoms with Gasteiger partial charge < -0.3 is 15.2 Å². The van der Waals surface area contributed by atoms with Crippen molar-refractivity contribution in [2.24, 2.45) is 0 Å². The summed E-state index contributed by atoms with van der Waals surface area (Å²) in [5, 5.41) is 12.3. The number of aromatic carboxylic acids is 1. The third-order valence-corrected chi connectivity index (χ3v) is 5.47. The van der Waals surface area contributed by atoms with Crippen molar-refractivity contribution in [2.75, 3.05) is 13.7 Å². The van der Waals surface area contributed by atoms with Gasteiger partial charge in [0.25, 0.3) is 0 Å². The van der Waals surface area contributed by atoms with Gasteiger partial charge in [-0.05, 0) is 42.2 Å². The first-order chi connectivity index (χ1) is 13.0. The number of carbonyl (C=O) groups is 2. The Balaban J connectivity index is 1.71. The van der Waals surface area contributed by atoms with Gasteiger partial charge in [-0.2, -0.15) is 0 Å². The smallest absolute Gasteiger partial charge is 0.335 e. The van der Waals surface area contributed by atoms with E-state index in [4.69, 9.17) is 4.74 Å². The number of methoxy groups -OCH3 is 1. The zero-order valence-electron chi connectivity index (χ0n) is 15.5. The molecule has 0 atom stereocenters. The fourth-order valence-electron chi connectivity index (χ4n) is 3.96. The molecule has 0 radical (unpaired) electrons. The monoisotopic (exact) mass is 367 g/mol. The molecule has 2 N–H and O–H groups in total. The molecule has 0 unspecified atom stereocenters. The van der Waals surface area contributed by atoms with Crippen LogP contribution in [-0.2, 0) is 16.6 Å². The van der Waals surface area contributed by atoms with E-state index in [0.717, 1.165) is 31.4 Å². The van der Waals surface area contributed by atoms with Crippen LogP contribution in [0.3, 0.4) is 0 Å². The Bertz CT molecular complexity index is 825. The summed E-state index contributed by atoms with van der Waals surface area (Å²) >= 11 is 0. The minimum absolute atomic E-state index is 0.0661. The molecule has 27 heavy (non-hydrogen) atoms. The Morgan fingerprint density at radius 3 is 2.56 bits per heavy atom. The number of carboxylic acids is 1. The summed E-state index contributed by atoms with van der Waals surface area (Å²) in [7, 11) is 1.65. The second-order valence-corrected chi connectivity index (χ2v) is 7.14. The summed E-state index contributed by atoms with van der Waals surface area (Å²) in [6.07, 6.45) is 4.37. The standard InChI is InChI=1S/C22H25NO4/c1-27-18-9-6-8-17(14-18)22(11-4-5-12-22)15-23-20(24)13-16-7-2-3-10-19(16)21(25)26/h2-3,6-10,14H,4-5,11-13,15H2,1H3,(H,23,24)(H,25,26). The minimum atomic E-state index is -1.01. The second kappa shape index (κ2) is 8.25. The average molecular weight is 367 g/mol. The fraction of sp³-hybridized carbons (Fsp3) is 0.364. The van der Waals surface area contributed by atoms with Crippen molar-refractivity contribution in [3.63, 3.8) is 0 Å². The number of benzene rings is 2. The molecule has 0 aliphatic heterocycles. The summed E-state index contributed by atoms with van der Waals surface area (Å²) in [4.78, 5) is 23.8. The normalized spacial score (nSPS) is 15.3. The summed E-state index contributed by atoms with van der Waals surface area (Å²) in [6, 6.07) is 14.7. The van der Waals surface area contributed by atoms with Crippen molar-refractivity contribution in [1.29, 1.82) is 0 Å². The summed E-state index contributed by atoms with van der Waals surface area (Å²) in [6.45, 7) is 0.550. The van der Waals surface area contributed by atoms with Crippen LogP contribution in [0.2, 0.25) is 0 Å². The van der Waals surface area contributed by atoms with Crippen LogP contribution in [0.4, 0.5) is 0 Å². The first kappa shape index (κ1) is 19.0. The third kappa shape index (κ3) is 4.30. The average Bonchev–Trinajstić information content (AvgIpc) is 3.17. The van der Waals surface area contributed by atoms with E-state index in [1.807, 2.05) is 12.1 Å². The van der Waals surface area contributed by atoms with Crippen molar-refractivity contribution in [2.45, 2.75) is 37.5 Å². The van der Waals surface area contributed by atoms with Crippen molar-refractivity contribution >= 4 is 11.9 Å². The Kier molecular flexibility index (Phi) is 5.79. The van der Waals surface area contributed by atoms with E-state index in [1.54, 1.807) is 25.3 Å². The number of carboxylic acid groups (broad SMARTS) is 1. The molecule has 1 amide bonds. The van der Waals surface area contributed by atoms with Crippen molar-refractivity contribution in [1.82, 2.24) is 5.32 Å². The molecule has 0 spiro atoms. The number of ether oxygens (including phenoxy) is 1. The lowest BCUT2D eigenvalue weighted by Gasteiger charge is -2.30. The van der Waals surface area contributed by atoms with Gasteiger partial charge in [-0.25, -0.2) is 4.79 Å².